The molecule has 5 nitrogen and oxygen atoms in total. The molecule has 90 valence electrons. The maximum atomic E-state index is 12.1. The second-order valence-corrected chi connectivity index (χ2v) is 4.81. The number of H-pyrrole nitrogens is 1. The highest BCUT2D eigenvalue weighted by molar-refractivity contribution is 5.86. The lowest BCUT2D eigenvalue weighted by Crippen LogP contribution is -2.32. The third-order valence-electron chi connectivity index (χ3n) is 3.35. The van der Waals surface area contributed by atoms with E-state index in [2.05, 4.69) is 16.2 Å². The summed E-state index contributed by atoms with van der Waals surface area (Å²) in [6, 6.07) is -0.140. The van der Waals surface area contributed by atoms with E-state index in [9.17, 15) is 9.90 Å². The molecule has 2 aliphatic rings. The van der Waals surface area contributed by atoms with Crippen LogP contribution < -0.4 is 0 Å². The molecule has 2 fully saturated rings. The van der Waals surface area contributed by atoms with Crippen molar-refractivity contribution in [1.82, 2.24) is 14.9 Å². The lowest BCUT2D eigenvalue weighted by Gasteiger charge is -2.22. The van der Waals surface area contributed by atoms with Crippen molar-refractivity contribution >= 4 is 5.91 Å². The molecule has 0 spiro atoms. The third kappa shape index (κ3) is 2.20. The van der Waals surface area contributed by atoms with Crippen LogP contribution in [0.25, 0.3) is 0 Å². The quantitative estimate of drug-likeness (QED) is 0.796. The predicted octanol–water partition coefficient (Wildman–Crippen LogP) is 0.458. The first-order chi connectivity index (χ1) is 8.24. The van der Waals surface area contributed by atoms with Crippen molar-refractivity contribution < 1.29 is 9.90 Å². The maximum absolute atomic E-state index is 12.1. The monoisotopic (exact) mass is 233 g/mol. The van der Waals surface area contributed by atoms with E-state index in [-0.39, 0.29) is 11.9 Å². The number of amides is 1. The Hall–Kier alpha value is -1.36. The Kier molecular flexibility index (Phi) is 2.63. The van der Waals surface area contributed by atoms with Gasteiger partial charge in [-0.15, -0.1) is 0 Å². The van der Waals surface area contributed by atoms with Gasteiger partial charge in [0.1, 0.15) is 5.82 Å². The molecule has 17 heavy (non-hydrogen) atoms. The van der Waals surface area contributed by atoms with E-state index in [4.69, 9.17) is 0 Å². The van der Waals surface area contributed by atoms with E-state index in [0.29, 0.717) is 24.7 Å². The van der Waals surface area contributed by atoms with E-state index >= 15 is 0 Å². The molecule has 1 aliphatic heterocycles. The molecule has 3 rings (SSSR count). The van der Waals surface area contributed by atoms with Gasteiger partial charge in [0.25, 0.3) is 0 Å². The second kappa shape index (κ2) is 4.14. The number of β-amino-alcohol motifs (C(OH)–C–C–N with tert-alkyl or cyclic N) is 1. The Morgan fingerprint density at radius 2 is 2.47 bits per heavy atom. The first-order valence-corrected chi connectivity index (χ1v) is 5.98. The summed E-state index contributed by atoms with van der Waals surface area (Å²) in [5, 5.41) is 9.71. The number of nitrogens with one attached hydrogen (secondary N) is 1. The van der Waals surface area contributed by atoms with Crippen LogP contribution in [0, 0.1) is 18.5 Å². The average Bonchev–Trinajstić information content (AvgIpc) is 2.82. The third-order valence-corrected chi connectivity index (χ3v) is 3.35. The highest BCUT2D eigenvalue weighted by atomic mass is 16.3. The van der Waals surface area contributed by atoms with Crippen LogP contribution in [0.5, 0.6) is 0 Å². The molecule has 1 aliphatic carbocycles. The fraction of sp³-hybridized carbons (Fsp3) is 0.583. The van der Waals surface area contributed by atoms with Crippen LogP contribution in [0.2, 0.25) is 0 Å². The van der Waals surface area contributed by atoms with Crippen LogP contribution in [0.4, 0.5) is 0 Å². The average molecular weight is 233 g/mol. The number of likely N-dealkylation sites (tertiary alicyclic amines) is 1. The zero-order chi connectivity index (χ0) is 11.8. The van der Waals surface area contributed by atoms with Crippen LogP contribution in [-0.4, -0.2) is 38.5 Å². The van der Waals surface area contributed by atoms with Crippen molar-refractivity contribution in [2.24, 2.45) is 5.92 Å². The normalized spacial score (nSPS) is 28.6. The van der Waals surface area contributed by atoms with E-state index in [1.807, 2.05) is 0 Å². The molecule has 1 amide bonds. The van der Waals surface area contributed by atoms with Gasteiger partial charge < -0.3 is 15.0 Å². The van der Waals surface area contributed by atoms with Gasteiger partial charge in [0.2, 0.25) is 5.91 Å². The van der Waals surface area contributed by atoms with Crippen molar-refractivity contribution in [2.75, 3.05) is 6.54 Å². The van der Waals surface area contributed by atoms with Gasteiger partial charge in [0.15, 0.2) is 0 Å². The topological polar surface area (TPSA) is 69.2 Å². The predicted molar refractivity (Wildman–Crippen MR) is 59.5 cm³/mol. The summed E-state index contributed by atoms with van der Waals surface area (Å²) in [7, 11) is 0. The first-order valence-electron chi connectivity index (χ1n) is 5.98. The second-order valence-electron chi connectivity index (χ2n) is 4.81. The molecule has 0 bridgehead atoms. The van der Waals surface area contributed by atoms with Crippen LogP contribution in [0.1, 0.15) is 31.1 Å². The molecule has 1 aromatic heterocycles. The highest BCUT2D eigenvalue weighted by Gasteiger charge is 2.38. The number of aliphatic hydroxyl groups is 1. The SMILES string of the molecule is O=C([CH]C1CC1)N1C[C@H](O)C[C@H]1c1nc[c][nH]1. The Bertz CT molecular complexity index is 400. The summed E-state index contributed by atoms with van der Waals surface area (Å²) in [5.41, 5.74) is 0. The van der Waals surface area contributed by atoms with E-state index in [1.54, 1.807) is 17.5 Å². The lowest BCUT2D eigenvalue weighted by atomic mass is 10.2. The molecule has 2 N–H and O–H groups in total. The van der Waals surface area contributed by atoms with E-state index < -0.39 is 6.10 Å². The number of imidazole rings is 1. The molecule has 1 aromatic rings. The maximum Gasteiger partial charge on any atom is 0.227 e. The molecule has 0 unspecified atom stereocenters. The summed E-state index contributed by atoms with van der Waals surface area (Å²) in [4.78, 5) is 20.8. The van der Waals surface area contributed by atoms with Gasteiger partial charge in [-0.05, 0) is 18.8 Å². The number of aromatic amines is 1. The summed E-state index contributed by atoms with van der Waals surface area (Å²) in [6.07, 6.45) is 8.41. The number of rotatable bonds is 3. The fourth-order valence-corrected chi connectivity index (χ4v) is 2.29. The van der Waals surface area contributed by atoms with Gasteiger partial charge in [-0.1, -0.05) is 0 Å². The molecule has 1 saturated carbocycles. The Morgan fingerprint density at radius 3 is 3.12 bits per heavy atom. The van der Waals surface area contributed by atoms with Crippen LogP contribution in [0.15, 0.2) is 6.20 Å². The molecular weight excluding hydrogens is 218 g/mol. The number of hydrogen-bond donors (Lipinski definition) is 2. The van der Waals surface area contributed by atoms with Crippen LogP contribution in [-0.2, 0) is 4.79 Å². The number of carbonyl (C=O) groups excluding carboxylic acids is 1. The molecule has 1 saturated heterocycles. The van der Waals surface area contributed by atoms with Crippen molar-refractivity contribution in [1.29, 1.82) is 0 Å². The number of nitrogens with zero attached hydrogens (tertiary/aromatic N) is 2. The Balaban J connectivity index is 1.74. The van der Waals surface area contributed by atoms with Crippen molar-refractivity contribution in [3.8, 4) is 0 Å². The number of aromatic nitrogens is 2. The molecule has 5 heteroatoms. The van der Waals surface area contributed by atoms with Gasteiger partial charge in [0.05, 0.1) is 31.0 Å². The standard InChI is InChI=1S/C12H15N3O2/c16-9-6-10(12-13-3-4-14-12)15(7-9)11(17)5-8-1-2-8/h3,5,8-10,16H,1-2,6-7H2,(H,13,14)/t9-,10+/m1/s1. The molecule has 2 radical (unpaired) electrons. The Morgan fingerprint density at radius 1 is 1.65 bits per heavy atom. The first kappa shape index (κ1) is 10.8. The van der Waals surface area contributed by atoms with Crippen molar-refractivity contribution in [2.45, 2.75) is 31.4 Å². The minimum absolute atomic E-state index is 0.0189. The van der Waals surface area contributed by atoms with Crippen molar-refractivity contribution in [3.05, 3.63) is 24.6 Å². The van der Waals surface area contributed by atoms with Crippen molar-refractivity contribution in [3.63, 3.8) is 0 Å². The summed E-state index contributed by atoms with van der Waals surface area (Å²) in [5.74, 6) is 1.17. The molecule has 2 atom stereocenters. The van der Waals surface area contributed by atoms with Gasteiger partial charge in [0, 0.05) is 13.0 Å². The fourth-order valence-electron chi connectivity index (χ4n) is 2.29. The minimum Gasteiger partial charge on any atom is -0.391 e. The molecule has 2 heterocycles. The Labute approximate surface area is 99.8 Å². The number of aliphatic hydroxyl groups excluding tert-OH is 1. The lowest BCUT2D eigenvalue weighted by molar-refractivity contribution is -0.129. The minimum atomic E-state index is -0.457. The van der Waals surface area contributed by atoms with Gasteiger partial charge in [-0.3, -0.25) is 4.79 Å². The highest BCUT2D eigenvalue weighted by Crippen LogP contribution is 2.35. The molecule has 0 aromatic carbocycles. The van der Waals surface area contributed by atoms with E-state index in [0.717, 1.165) is 12.8 Å². The van der Waals surface area contributed by atoms with Crippen LogP contribution >= 0.6 is 0 Å². The summed E-state index contributed by atoms with van der Waals surface area (Å²) in [6.45, 7) is 0.396. The smallest absolute Gasteiger partial charge is 0.227 e. The van der Waals surface area contributed by atoms with Gasteiger partial charge in [-0.2, -0.15) is 0 Å². The zero-order valence-electron chi connectivity index (χ0n) is 9.47. The van der Waals surface area contributed by atoms with E-state index in [1.165, 1.54) is 0 Å². The number of hydrogen-bond acceptors (Lipinski definition) is 3. The summed E-state index contributed by atoms with van der Waals surface area (Å²) < 4.78 is 0. The molecular formula is C12H15N3O2. The zero-order valence-corrected chi connectivity index (χ0v) is 9.47. The van der Waals surface area contributed by atoms with Gasteiger partial charge >= 0.3 is 0 Å². The summed E-state index contributed by atoms with van der Waals surface area (Å²) >= 11 is 0. The van der Waals surface area contributed by atoms with Gasteiger partial charge in [-0.25, -0.2) is 4.98 Å². The van der Waals surface area contributed by atoms with Crippen LogP contribution in [0.3, 0.4) is 0 Å². The number of carbonyl (C=O) groups is 1. The largest absolute Gasteiger partial charge is 0.391 e.